The summed E-state index contributed by atoms with van der Waals surface area (Å²) in [5.74, 6) is -0.221. The number of para-hydroxylation sites is 1. The maximum Gasteiger partial charge on any atom is 0.264 e. The van der Waals surface area contributed by atoms with Crippen LogP contribution < -0.4 is 4.72 Å². The van der Waals surface area contributed by atoms with Crippen molar-refractivity contribution in [2.75, 3.05) is 18.0 Å². The Kier molecular flexibility index (Phi) is 6.74. The molecule has 1 unspecified atom stereocenters. The molecule has 2 N–H and O–H groups in total. The first kappa shape index (κ1) is 23.9. The highest BCUT2D eigenvalue weighted by Gasteiger charge is 2.35. The summed E-state index contributed by atoms with van der Waals surface area (Å²) in [7, 11) is -3.88. The number of ether oxygens (including phenoxy) is 1. The molecule has 0 aliphatic carbocycles. The lowest BCUT2D eigenvalue weighted by molar-refractivity contribution is -0.0914. The lowest BCUT2D eigenvalue weighted by Gasteiger charge is -2.40. The van der Waals surface area contributed by atoms with Crippen molar-refractivity contribution in [3.8, 4) is 0 Å². The summed E-state index contributed by atoms with van der Waals surface area (Å²) in [6.07, 6.45) is 3.28. The Bertz CT molecular complexity index is 1360. The third kappa shape index (κ3) is 4.70. The molecule has 0 bridgehead atoms. The molecule has 4 rings (SSSR count). The number of carbonyl (C=O) groups excluding carboxylic acids is 1. The van der Waals surface area contributed by atoms with Gasteiger partial charge in [0.15, 0.2) is 0 Å². The first-order valence-corrected chi connectivity index (χ1v) is 12.5. The van der Waals surface area contributed by atoms with Crippen LogP contribution in [0.15, 0.2) is 76.7 Å². The normalized spacial score (nSPS) is 19.1. The molecule has 2 heterocycles. The van der Waals surface area contributed by atoms with Crippen LogP contribution in [0.25, 0.3) is 10.9 Å². The summed E-state index contributed by atoms with van der Waals surface area (Å²) < 4.78 is 34.4. The number of anilines is 1. The average molecular weight is 497 g/mol. The minimum absolute atomic E-state index is 0.0801. The summed E-state index contributed by atoms with van der Waals surface area (Å²) in [5.41, 5.74) is 1.11. The molecular formula is C24H24N4O4S2. The molecule has 1 fully saturated rings. The fourth-order valence-corrected chi connectivity index (χ4v) is 5.37. The predicted octanol–water partition coefficient (Wildman–Crippen LogP) is 4.08. The highest BCUT2D eigenvalue weighted by atomic mass is 32.2. The van der Waals surface area contributed by atoms with Crippen LogP contribution in [0.3, 0.4) is 0 Å². The van der Waals surface area contributed by atoms with Crippen LogP contribution in [0.1, 0.15) is 23.7 Å². The number of nitrogens with zero attached hydrogens (tertiary/aromatic N) is 2. The highest BCUT2D eigenvalue weighted by molar-refractivity contribution is 7.93. The van der Waals surface area contributed by atoms with Gasteiger partial charge in [-0.1, -0.05) is 18.2 Å². The number of carbonyl (C=O) groups is 1. The topological polar surface area (TPSA) is 112 Å². The van der Waals surface area contributed by atoms with E-state index in [0.717, 1.165) is 5.39 Å². The molecule has 1 amide bonds. The van der Waals surface area contributed by atoms with Gasteiger partial charge in [-0.15, -0.1) is 0 Å². The van der Waals surface area contributed by atoms with E-state index in [-0.39, 0.29) is 17.5 Å². The summed E-state index contributed by atoms with van der Waals surface area (Å²) in [4.78, 5) is 18.8. The lowest BCUT2D eigenvalue weighted by atomic mass is 9.92. The zero-order valence-electron chi connectivity index (χ0n) is 18.4. The van der Waals surface area contributed by atoms with Gasteiger partial charge in [0.1, 0.15) is 11.6 Å². The summed E-state index contributed by atoms with van der Waals surface area (Å²) >= 11 is 4.13. The molecule has 1 atom stereocenters. The number of fused-ring (bicyclic) bond motifs is 1. The fraction of sp³-hybridized carbons (Fsp3) is 0.208. The molecule has 0 saturated carbocycles. The van der Waals surface area contributed by atoms with Gasteiger partial charge in [-0.25, -0.2) is 8.42 Å². The van der Waals surface area contributed by atoms with Gasteiger partial charge in [0.05, 0.1) is 11.1 Å². The third-order valence-corrected chi connectivity index (χ3v) is 7.55. The number of amides is 1. The molecular weight excluding hydrogens is 472 g/mol. The van der Waals surface area contributed by atoms with E-state index in [4.69, 9.17) is 10.1 Å². The van der Waals surface area contributed by atoms with Gasteiger partial charge in [-0.05, 0) is 55.2 Å². The SMILES string of the molecule is CC1(/C(C=N)=C/S)CCN(C(=O)c2ccc(NS(=O)(=O)c3cccc4cccnc34)cc2)CO1. The second kappa shape index (κ2) is 9.57. The molecule has 1 aromatic heterocycles. The molecule has 1 saturated heterocycles. The maximum atomic E-state index is 13.0. The molecule has 0 spiro atoms. The second-order valence-corrected chi connectivity index (χ2v) is 9.97. The van der Waals surface area contributed by atoms with E-state index in [1.165, 1.54) is 12.3 Å². The lowest BCUT2D eigenvalue weighted by Crippen LogP contribution is -2.48. The molecule has 2 aromatic carbocycles. The van der Waals surface area contributed by atoms with Crippen LogP contribution in [0.2, 0.25) is 0 Å². The molecule has 10 heteroatoms. The number of hydrogen-bond acceptors (Lipinski definition) is 7. The molecule has 0 radical (unpaired) electrons. The number of rotatable bonds is 6. The van der Waals surface area contributed by atoms with Gasteiger partial charge in [-0.3, -0.25) is 14.5 Å². The standard InChI is InChI=1S/C24H24N4O4S2/c1-24(19(14-25)15-33)11-13-28(16-32-24)23(29)18-7-9-20(10-8-18)27-34(30,31)21-6-2-4-17-5-3-12-26-22(17)21/h2-10,12,14-15,25,27,33H,11,13,16H2,1H3/b19-15+,25-14?. The largest absolute Gasteiger partial charge is 0.350 e. The predicted molar refractivity (Wildman–Crippen MR) is 135 cm³/mol. The van der Waals surface area contributed by atoms with E-state index in [0.29, 0.717) is 35.3 Å². The van der Waals surface area contributed by atoms with Crippen LogP contribution in [0.4, 0.5) is 5.69 Å². The molecule has 1 aliphatic heterocycles. The van der Waals surface area contributed by atoms with E-state index in [1.807, 2.05) is 6.92 Å². The van der Waals surface area contributed by atoms with Crippen LogP contribution in [0.5, 0.6) is 0 Å². The Morgan fingerprint density at radius 1 is 1.21 bits per heavy atom. The van der Waals surface area contributed by atoms with E-state index in [1.54, 1.807) is 65.0 Å². The van der Waals surface area contributed by atoms with E-state index in [9.17, 15) is 13.2 Å². The molecule has 1 aliphatic rings. The van der Waals surface area contributed by atoms with Crippen molar-refractivity contribution >= 4 is 51.4 Å². The number of benzene rings is 2. The third-order valence-electron chi connectivity index (χ3n) is 5.86. The van der Waals surface area contributed by atoms with Crippen molar-refractivity contribution in [2.45, 2.75) is 23.8 Å². The van der Waals surface area contributed by atoms with Crippen molar-refractivity contribution in [3.63, 3.8) is 0 Å². The smallest absolute Gasteiger partial charge is 0.264 e. The molecule has 8 nitrogen and oxygen atoms in total. The number of aromatic nitrogens is 1. The monoisotopic (exact) mass is 496 g/mol. The van der Waals surface area contributed by atoms with Crippen molar-refractivity contribution in [3.05, 3.63) is 77.3 Å². The molecule has 34 heavy (non-hydrogen) atoms. The minimum Gasteiger partial charge on any atom is -0.350 e. The minimum atomic E-state index is -3.88. The fourth-order valence-electron chi connectivity index (χ4n) is 3.79. The number of nitrogens with one attached hydrogen (secondary N) is 2. The van der Waals surface area contributed by atoms with Crippen molar-refractivity contribution in [1.29, 1.82) is 5.41 Å². The Morgan fingerprint density at radius 2 is 1.94 bits per heavy atom. The number of pyridine rings is 1. The molecule has 176 valence electrons. The van der Waals surface area contributed by atoms with Crippen molar-refractivity contribution < 1.29 is 17.9 Å². The zero-order valence-corrected chi connectivity index (χ0v) is 20.1. The Labute approximate surface area is 203 Å². The van der Waals surface area contributed by atoms with Gasteiger partial charge >= 0.3 is 0 Å². The van der Waals surface area contributed by atoms with Gasteiger partial charge < -0.3 is 15.0 Å². The van der Waals surface area contributed by atoms with E-state index in [2.05, 4.69) is 22.3 Å². The maximum absolute atomic E-state index is 13.0. The number of sulfonamides is 1. The van der Waals surface area contributed by atoms with Crippen LogP contribution in [0, 0.1) is 5.41 Å². The first-order chi connectivity index (χ1) is 16.3. The number of hydrogen-bond donors (Lipinski definition) is 3. The van der Waals surface area contributed by atoms with Crippen molar-refractivity contribution in [2.24, 2.45) is 0 Å². The Balaban J connectivity index is 1.46. The van der Waals surface area contributed by atoms with Crippen LogP contribution >= 0.6 is 12.6 Å². The highest BCUT2D eigenvalue weighted by Crippen LogP contribution is 2.30. The zero-order chi connectivity index (χ0) is 24.3. The van der Waals surface area contributed by atoms with E-state index < -0.39 is 15.6 Å². The van der Waals surface area contributed by atoms with Crippen LogP contribution in [-0.2, 0) is 14.8 Å². The number of thiol groups is 1. The quantitative estimate of drug-likeness (QED) is 0.352. The Hall–Kier alpha value is -3.21. The summed E-state index contributed by atoms with van der Waals surface area (Å²) in [6.45, 7) is 2.40. The van der Waals surface area contributed by atoms with Gasteiger partial charge in [-0.2, -0.15) is 12.6 Å². The second-order valence-electron chi connectivity index (χ2n) is 8.07. The molecule has 3 aromatic rings. The van der Waals surface area contributed by atoms with E-state index >= 15 is 0 Å². The summed E-state index contributed by atoms with van der Waals surface area (Å²) in [5, 5.41) is 9.78. The van der Waals surface area contributed by atoms with Crippen molar-refractivity contribution in [1.82, 2.24) is 9.88 Å². The summed E-state index contributed by atoms with van der Waals surface area (Å²) in [6, 6.07) is 14.8. The van der Waals surface area contributed by atoms with Gasteiger partial charge in [0.2, 0.25) is 0 Å². The van der Waals surface area contributed by atoms with Gasteiger partial charge in [0, 0.05) is 41.2 Å². The first-order valence-electron chi connectivity index (χ1n) is 10.5. The van der Waals surface area contributed by atoms with Crippen LogP contribution in [-0.4, -0.2) is 49.3 Å². The van der Waals surface area contributed by atoms with Gasteiger partial charge in [0.25, 0.3) is 15.9 Å². The average Bonchev–Trinajstić information content (AvgIpc) is 2.84. The Morgan fingerprint density at radius 3 is 2.59 bits per heavy atom.